The quantitative estimate of drug-likeness (QED) is 0.818. The Morgan fingerprint density at radius 3 is 2.78 bits per heavy atom. The largest absolute Gasteiger partial charge is 0.393 e. The van der Waals surface area contributed by atoms with Crippen LogP contribution in [0.3, 0.4) is 0 Å². The molecule has 106 valence electrons. The number of nitrogens with zero attached hydrogens (tertiary/aromatic N) is 1. The molecule has 0 aromatic heterocycles. The first-order valence-electron chi connectivity index (χ1n) is 7.66. The summed E-state index contributed by atoms with van der Waals surface area (Å²) in [6, 6.07) is 0.573. The van der Waals surface area contributed by atoms with Gasteiger partial charge in [0.2, 0.25) is 0 Å². The highest BCUT2D eigenvalue weighted by Gasteiger charge is 2.31. The van der Waals surface area contributed by atoms with Crippen LogP contribution in [0, 0.1) is 11.8 Å². The predicted octanol–water partition coefficient (Wildman–Crippen LogP) is 2.28. The Labute approximate surface area is 112 Å². The number of likely N-dealkylation sites (N-methyl/N-ethyl adjacent to an activating group) is 1. The molecule has 0 bridgehead atoms. The third kappa shape index (κ3) is 3.69. The van der Waals surface area contributed by atoms with Gasteiger partial charge in [0.15, 0.2) is 0 Å². The van der Waals surface area contributed by atoms with Gasteiger partial charge in [-0.2, -0.15) is 0 Å². The summed E-state index contributed by atoms with van der Waals surface area (Å²) in [6.07, 6.45) is 7.12. The van der Waals surface area contributed by atoms with Gasteiger partial charge in [-0.25, -0.2) is 0 Å². The molecule has 0 aromatic rings. The molecular weight excluding hydrogens is 226 g/mol. The number of aliphatic hydroxyl groups is 1. The van der Waals surface area contributed by atoms with Crippen molar-refractivity contribution in [2.45, 2.75) is 57.6 Å². The summed E-state index contributed by atoms with van der Waals surface area (Å²) in [5.74, 6) is 1.32. The van der Waals surface area contributed by atoms with Gasteiger partial charge in [-0.05, 0) is 44.6 Å². The van der Waals surface area contributed by atoms with Crippen LogP contribution < -0.4 is 0 Å². The minimum absolute atomic E-state index is 0.0807. The molecule has 1 N–H and O–H groups in total. The van der Waals surface area contributed by atoms with Gasteiger partial charge in [0.05, 0.1) is 12.7 Å². The highest BCUT2D eigenvalue weighted by atomic mass is 16.5. The third-order valence-electron chi connectivity index (χ3n) is 4.80. The zero-order chi connectivity index (χ0) is 13.0. The van der Waals surface area contributed by atoms with E-state index in [0.29, 0.717) is 12.0 Å². The Kier molecular flexibility index (Phi) is 5.46. The molecule has 0 aromatic carbocycles. The summed E-state index contributed by atoms with van der Waals surface area (Å²) in [5.41, 5.74) is 0. The number of rotatable bonds is 5. The highest BCUT2D eigenvalue weighted by molar-refractivity contribution is 4.83. The van der Waals surface area contributed by atoms with Crippen molar-refractivity contribution in [3.8, 4) is 0 Å². The standard InChI is InChI=1S/C15H29NO2/c1-3-4-12-5-6-15(17)13(9-12)10-16(2)14-7-8-18-11-14/h12-15,17H,3-11H2,1-2H3. The average molecular weight is 255 g/mol. The molecule has 1 heterocycles. The first kappa shape index (κ1) is 14.3. The number of aliphatic hydroxyl groups excluding tert-OH is 1. The smallest absolute Gasteiger partial charge is 0.0622 e. The zero-order valence-corrected chi connectivity index (χ0v) is 12.0. The predicted molar refractivity (Wildman–Crippen MR) is 73.6 cm³/mol. The number of hydrogen-bond donors (Lipinski definition) is 1. The molecule has 0 radical (unpaired) electrons. The Balaban J connectivity index is 1.81. The second-order valence-electron chi connectivity index (χ2n) is 6.25. The summed E-state index contributed by atoms with van der Waals surface area (Å²) < 4.78 is 5.45. The monoisotopic (exact) mass is 255 g/mol. The molecule has 2 fully saturated rings. The van der Waals surface area contributed by atoms with Gasteiger partial charge in [-0.1, -0.05) is 19.8 Å². The Morgan fingerprint density at radius 1 is 1.28 bits per heavy atom. The molecular formula is C15H29NO2. The van der Waals surface area contributed by atoms with E-state index in [1.54, 1.807) is 0 Å². The van der Waals surface area contributed by atoms with Crippen LogP contribution in [0.25, 0.3) is 0 Å². The lowest BCUT2D eigenvalue weighted by molar-refractivity contribution is 0.0220. The highest BCUT2D eigenvalue weighted by Crippen LogP contribution is 2.33. The molecule has 4 unspecified atom stereocenters. The molecule has 1 aliphatic carbocycles. The fourth-order valence-corrected chi connectivity index (χ4v) is 3.60. The van der Waals surface area contributed by atoms with Crippen molar-refractivity contribution in [1.82, 2.24) is 4.90 Å². The minimum Gasteiger partial charge on any atom is -0.393 e. The van der Waals surface area contributed by atoms with Crippen LogP contribution in [-0.4, -0.2) is 49.0 Å². The van der Waals surface area contributed by atoms with Crippen LogP contribution in [0.5, 0.6) is 0 Å². The summed E-state index contributed by atoms with van der Waals surface area (Å²) in [5, 5.41) is 10.2. The number of ether oxygens (including phenoxy) is 1. The van der Waals surface area contributed by atoms with E-state index in [1.807, 2.05) is 0 Å². The van der Waals surface area contributed by atoms with Crippen molar-refractivity contribution >= 4 is 0 Å². The molecule has 0 amide bonds. The van der Waals surface area contributed by atoms with Crippen LogP contribution in [-0.2, 0) is 4.74 Å². The van der Waals surface area contributed by atoms with E-state index >= 15 is 0 Å². The first-order chi connectivity index (χ1) is 8.70. The van der Waals surface area contributed by atoms with E-state index in [1.165, 1.54) is 25.7 Å². The summed E-state index contributed by atoms with van der Waals surface area (Å²) >= 11 is 0. The van der Waals surface area contributed by atoms with Gasteiger partial charge in [0.25, 0.3) is 0 Å². The molecule has 3 heteroatoms. The summed E-state index contributed by atoms with van der Waals surface area (Å²) in [6.45, 7) is 5.08. The lowest BCUT2D eigenvalue weighted by atomic mass is 9.77. The van der Waals surface area contributed by atoms with Crippen molar-refractivity contribution in [2.75, 3.05) is 26.8 Å². The van der Waals surface area contributed by atoms with Crippen LogP contribution in [0.2, 0.25) is 0 Å². The SMILES string of the molecule is CCCC1CCC(O)C(CN(C)C2CCOC2)C1. The van der Waals surface area contributed by atoms with Crippen LogP contribution in [0.1, 0.15) is 45.4 Å². The van der Waals surface area contributed by atoms with E-state index in [4.69, 9.17) is 4.74 Å². The van der Waals surface area contributed by atoms with Crippen molar-refractivity contribution < 1.29 is 9.84 Å². The van der Waals surface area contributed by atoms with Gasteiger partial charge in [0, 0.05) is 19.2 Å². The second kappa shape index (κ2) is 6.88. The molecule has 2 rings (SSSR count). The van der Waals surface area contributed by atoms with E-state index in [-0.39, 0.29) is 6.10 Å². The second-order valence-corrected chi connectivity index (χ2v) is 6.25. The molecule has 4 atom stereocenters. The first-order valence-corrected chi connectivity index (χ1v) is 7.66. The molecule has 0 spiro atoms. The molecule has 1 aliphatic heterocycles. The molecule has 18 heavy (non-hydrogen) atoms. The molecule has 2 aliphatic rings. The maximum atomic E-state index is 10.2. The fourth-order valence-electron chi connectivity index (χ4n) is 3.60. The van der Waals surface area contributed by atoms with E-state index in [2.05, 4.69) is 18.9 Å². The van der Waals surface area contributed by atoms with E-state index < -0.39 is 0 Å². The average Bonchev–Trinajstić information content (AvgIpc) is 2.87. The van der Waals surface area contributed by atoms with Crippen LogP contribution in [0.4, 0.5) is 0 Å². The van der Waals surface area contributed by atoms with E-state index in [9.17, 15) is 5.11 Å². The van der Waals surface area contributed by atoms with Crippen molar-refractivity contribution in [3.63, 3.8) is 0 Å². The maximum absolute atomic E-state index is 10.2. The van der Waals surface area contributed by atoms with Gasteiger partial charge in [0.1, 0.15) is 0 Å². The van der Waals surface area contributed by atoms with Gasteiger partial charge < -0.3 is 14.7 Å². The molecule has 3 nitrogen and oxygen atoms in total. The molecule has 1 saturated heterocycles. The van der Waals surface area contributed by atoms with Crippen LogP contribution >= 0.6 is 0 Å². The third-order valence-corrected chi connectivity index (χ3v) is 4.80. The summed E-state index contributed by atoms with van der Waals surface area (Å²) in [7, 11) is 2.19. The van der Waals surface area contributed by atoms with Gasteiger partial charge >= 0.3 is 0 Å². The van der Waals surface area contributed by atoms with Crippen molar-refractivity contribution in [1.29, 1.82) is 0 Å². The Morgan fingerprint density at radius 2 is 2.11 bits per heavy atom. The van der Waals surface area contributed by atoms with Crippen LogP contribution in [0.15, 0.2) is 0 Å². The van der Waals surface area contributed by atoms with Crippen molar-refractivity contribution in [3.05, 3.63) is 0 Å². The lowest BCUT2D eigenvalue weighted by Crippen LogP contribution is -2.41. The lowest BCUT2D eigenvalue weighted by Gasteiger charge is -2.37. The Bertz CT molecular complexity index is 241. The van der Waals surface area contributed by atoms with Gasteiger partial charge in [-0.15, -0.1) is 0 Å². The minimum atomic E-state index is -0.0807. The topological polar surface area (TPSA) is 32.7 Å². The Hall–Kier alpha value is -0.120. The van der Waals surface area contributed by atoms with E-state index in [0.717, 1.165) is 38.5 Å². The van der Waals surface area contributed by atoms with Gasteiger partial charge in [-0.3, -0.25) is 0 Å². The maximum Gasteiger partial charge on any atom is 0.0622 e. The normalized spacial score (nSPS) is 37.3. The fraction of sp³-hybridized carbons (Fsp3) is 1.00. The number of hydrogen-bond acceptors (Lipinski definition) is 3. The zero-order valence-electron chi connectivity index (χ0n) is 12.0. The summed E-state index contributed by atoms with van der Waals surface area (Å²) in [4.78, 5) is 2.41. The van der Waals surface area contributed by atoms with Crippen molar-refractivity contribution in [2.24, 2.45) is 11.8 Å². The molecule has 1 saturated carbocycles.